The summed E-state index contributed by atoms with van der Waals surface area (Å²) in [5.74, 6) is 0.548. The van der Waals surface area contributed by atoms with E-state index in [0.29, 0.717) is 11.6 Å². The summed E-state index contributed by atoms with van der Waals surface area (Å²) in [6.07, 6.45) is 4.03. The fourth-order valence-electron chi connectivity index (χ4n) is 2.58. The van der Waals surface area contributed by atoms with Crippen molar-refractivity contribution >= 4 is 17.3 Å². The molecule has 112 valence electrons. The van der Waals surface area contributed by atoms with Crippen molar-refractivity contribution in [1.82, 2.24) is 15.1 Å². The van der Waals surface area contributed by atoms with E-state index in [1.807, 2.05) is 13.8 Å². The van der Waals surface area contributed by atoms with Crippen LogP contribution in [0.4, 0.5) is 5.69 Å². The highest BCUT2D eigenvalue weighted by molar-refractivity contribution is 6.32. The lowest BCUT2D eigenvalue weighted by Crippen LogP contribution is -2.39. The molecule has 2 heterocycles. The number of aromatic nitrogens is 2. The van der Waals surface area contributed by atoms with Crippen LogP contribution in [-0.2, 0) is 0 Å². The second kappa shape index (κ2) is 6.59. The third-order valence-electron chi connectivity index (χ3n) is 3.86. The summed E-state index contributed by atoms with van der Waals surface area (Å²) in [4.78, 5) is 12.1. The Hall–Kier alpha value is -1.07. The highest BCUT2D eigenvalue weighted by Crippen LogP contribution is 2.22. The third kappa shape index (κ3) is 3.33. The van der Waals surface area contributed by atoms with E-state index in [-0.39, 0.29) is 22.7 Å². The van der Waals surface area contributed by atoms with Crippen LogP contribution in [0.2, 0.25) is 5.02 Å². The third-order valence-corrected chi connectivity index (χ3v) is 4.22. The molecule has 0 spiro atoms. The van der Waals surface area contributed by atoms with Crippen molar-refractivity contribution < 1.29 is 0 Å². The quantitative estimate of drug-likeness (QED) is 0.895. The summed E-state index contributed by atoms with van der Waals surface area (Å²) in [6.45, 7) is 8.04. The van der Waals surface area contributed by atoms with Crippen LogP contribution in [0.1, 0.15) is 39.7 Å². The summed E-state index contributed by atoms with van der Waals surface area (Å²) in [6, 6.07) is 0.269. The van der Waals surface area contributed by atoms with Gasteiger partial charge in [-0.05, 0) is 52.6 Å². The van der Waals surface area contributed by atoms with Gasteiger partial charge < -0.3 is 10.6 Å². The van der Waals surface area contributed by atoms with Crippen LogP contribution in [0.3, 0.4) is 0 Å². The van der Waals surface area contributed by atoms with Crippen LogP contribution in [-0.4, -0.2) is 28.9 Å². The lowest BCUT2D eigenvalue weighted by molar-refractivity contribution is 0.347. The molecule has 0 amide bonds. The first-order valence-electron chi connectivity index (χ1n) is 7.25. The average molecular weight is 299 g/mol. The Morgan fingerprint density at radius 3 is 2.85 bits per heavy atom. The van der Waals surface area contributed by atoms with Gasteiger partial charge in [-0.15, -0.1) is 0 Å². The molecule has 0 aliphatic carbocycles. The summed E-state index contributed by atoms with van der Waals surface area (Å²) in [7, 11) is 0. The SMILES string of the molecule is CC(Nc1cnn(C(C)C)c(=O)c1Cl)C1CCCNC1. The van der Waals surface area contributed by atoms with E-state index >= 15 is 0 Å². The lowest BCUT2D eigenvalue weighted by Gasteiger charge is -2.29. The Labute approximate surface area is 124 Å². The molecule has 1 aromatic heterocycles. The van der Waals surface area contributed by atoms with Crippen LogP contribution in [0, 0.1) is 5.92 Å². The maximum absolute atomic E-state index is 12.1. The zero-order valence-electron chi connectivity index (χ0n) is 12.3. The summed E-state index contributed by atoms with van der Waals surface area (Å²) >= 11 is 6.17. The minimum atomic E-state index is -0.236. The van der Waals surface area contributed by atoms with E-state index in [0.717, 1.165) is 13.1 Å². The number of piperidine rings is 1. The van der Waals surface area contributed by atoms with Gasteiger partial charge in [-0.3, -0.25) is 4.79 Å². The van der Waals surface area contributed by atoms with Crippen molar-refractivity contribution in [3.8, 4) is 0 Å². The Bertz CT molecular complexity index is 508. The smallest absolute Gasteiger partial charge is 0.287 e. The number of halogens is 1. The number of hydrogen-bond acceptors (Lipinski definition) is 4. The van der Waals surface area contributed by atoms with Crippen molar-refractivity contribution in [2.45, 2.75) is 45.7 Å². The first-order chi connectivity index (χ1) is 9.50. The molecular formula is C14H23ClN4O. The fourth-order valence-corrected chi connectivity index (χ4v) is 2.77. The largest absolute Gasteiger partial charge is 0.380 e. The Kier molecular flexibility index (Phi) is 5.05. The molecule has 1 aliphatic heterocycles. The van der Waals surface area contributed by atoms with Crippen LogP contribution in [0.25, 0.3) is 0 Å². The zero-order chi connectivity index (χ0) is 14.7. The van der Waals surface area contributed by atoms with Gasteiger partial charge in [0.2, 0.25) is 0 Å². The van der Waals surface area contributed by atoms with E-state index in [1.54, 1.807) is 6.20 Å². The molecule has 2 unspecified atom stereocenters. The van der Waals surface area contributed by atoms with Crippen LogP contribution >= 0.6 is 11.6 Å². The van der Waals surface area contributed by atoms with Gasteiger partial charge in [0.1, 0.15) is 5.02 Å². The van der Waals surface area contributed by atoms with Crippen molar-refractivity contribution in [2.24, 2.45) is 5.92 Å². The van der Waals surface area contributed by atoms with Gasteiger partial charge in [0.15, 0.2) is 0 Å². The number of rotatable bonds is 4. The molecule has 1 saturated heterocycles. The van der Waals surface area contributed by atoms with E-state index < -0.39 is 0 Å². The number of nitrogens with one attached hydrogen (secondary N) is 2. The van der Waals surface area contributed by atoms with E-state index in [2.05, 4.69) is 22.7 Å². The maximum Gasteiger partial charge on any atom is 0.287 e. The summed E-state index contributed by atoms with van der Waals surface area (Å²) in [5.41, 5.74) is 0.396. The van der Waals surface area contributed by atoms with E-state index in [1.165, 1.54) is 17.5 Å². The predicted octanol–water partition coefficient (Wildman–Crippen LogP) is 2.28. The Morgan fingerprint density at radius 1 is 1.50 bits per heavy atom. The van der Waals surface area contributed by atoms with Crippen molar-refractivity contribution in [2.75, 3.05) is 18.4 Å². The molecule has 2 atom stereocenters. The molecule has 5 nitrogen and oxygen atoms in total. The first kappa shape index (κ1) is 15.3. The van der Waals surface area contributed by atoms with Crippen LogP contribution in [0.5, 0.6) is 0 Å². The van der Waals surface area contributed by atoms with Gasteiger partial charge >= 0.3 is 0 Å². The second-order valence-electron chi connectivity index (χ2n) is 5.76. The van der Waals surface area contributed by atoms with Crippen LogP contribution in [0.15, 0.2) is 11.0 Å². The lowest BCUT2D eigenvalue weighted by atomic mass is 9.93. The highest BCUT2D eigenvalue weighted by atomic mass is 35.5. The molecule has 2 N–H and O–H groups in total. The molecule has 6 heteroatoms. The van der Waals surface area contributed by atoms with Crippen LogP contribution < -0.4 is 16.2 Å². The van der Waals surface area contributed by atoms with Crippen molar-refractivity contribution in [3.63, 3.8) is 0 Å². The van der Waals surface area contributed by atoms with Gasteiger partial charge in [-0.2, -0.15) is 5.10 Å². The molecule has 0 saturated carbocycles. The molecule has 0 bridgehead atoms. The topological polar surface area (TPSA) is 59.0 Å². The van der Waals surface area contributed by atoms with Crippen molar-refractivity contribution in [1.29, 1.82) is 0 Å². The monoisotopic (exact) mass is 298 g/mol. The maximum atomic E-state index is 12.1. The molecule has 20 heavy (non-hydrogen) atoms. The van der Waals surface area contributed by atoms with Gasteiger partial charge in [0, 0.05) is 6.04 Å². The highest BCUT2D eigenvalue weighted by Gasteiger charge is 2.21. The van der Waals surface area contributed by atoms with E-state index in [4.69, 9.17) is 11.6 Å². The van der Waals surface area contributed by atoms with Crippen molar-refractivity contribution in [3.05, 3.63) is 21.6 Å². The van der Waals surface area contributed by atoms with Gasteiger partial charge in [0.05, 0.1) is 17.9 Å². The second-order valence-corrected chi connectivity index (χ2v) is 6.13. The van der Waals surface area contributed by atoms with Gasteiger partial charge in [-0.25, -0.2) is 4.68 Å². The predicted molar refractivity (Wildman–Crippen MR) is 82.6 cm³/mol. The standard InChI is InChI=1S/C14H23ClN4O/c1-9(2)19-14(20)13(15)12(8-17-19)18-10(3)11-5-4-6-16-7-11/h8-11,16,18H,4-7H2,1-3H3. The fraction of sp³-hybridized carbons (Fsp3) is 0.714. The molecule has 1 aromatic rings. The normalized spacial score (nSPS) is 20.9. The minimum Gasteiger partial charge on any atom is -0.380 e. The number of anilines is 1. The molecule has 1 aliphatic rings. The summed E-state index contributed by atoms with van der Waals surface area (Å²) < 4.78 is 1.40. The molecular weight excluding hydrogens is 276 g/mol. The molecule has 0 radical (unpaired) electrons. The van der Waals surface area contributed by atoms with Gasteiger partial charge in [-0.1, -0.05) is 11.6 Å². The number of hydrogen-bond donors (Lipinski definition) is 2. The molecule has 0 aromatic carbocycles. The number of nitrogens with zero attached hydrogens (tertiary/aromatic N) is 2. The molecule has 2 rings (SSSR count). The molecule has 1 fully saturated rings. The van der Waals surface area contributed by atoms with E-state index in [9.17, 15) is 4.79 Å². The minimum absolute atomic E-state index is 0.00835. The Morgan fingerprint density at radius 2 is 2.25 bits per heavy atom. The van der Waals surface area contributed by atoms with Gasteiger partial charge in [0.25, 0.3) is 5.56 Å². The Balaban J connectivity index is 2.13. The summed E-state index contributed by atoms with van der Waals surface area (Å²) in [5, 5.41) is 11.1. The first-order valence-corrected chi connectivity index (χ1v) is 7.63. The zero-order valence-corrected chi connectivity index (χ0v) is 13.1. The average Bonchev–Trinajstić information content (AvgIpc) is 2.44.